The molecule has 26 nitrogen and oxygen atoms in total. The molecule has 0 bridgehead atoms. The number of carbonyl (C=O) groups excluding carboxylic acids is 4. The normalized spacial score (nSPS) is 13.6. The molecule has 0 aliphatic carbocycles. The summed E-state index contributed by atoms with van der Waals surface area (Å²) in [5.74, 6) is -16.0. The van der Waals surface area contributed by atoms with Crippen LogP contribution in [-0.4, -0.2) is 182 Å². The van der Waals surface area contributed by atoms with Crippen LogP contribution in [0.5, 0.6) is 0 Å². The van der Waals surface area contributed by atoms with Crippen LogP contribution in [0.1, 0.15) is 58.3 Å². The number of guanidine groups is 1. The molecule has 0 aromatic heterocycles. The summed E-state index contributed by atoms with van der Waals surface area (Å²) in [6, 6.07) is -6.52. The molecule has 0 unspecified atom stereocenters. The predicted octanol–water partition coefficient (Wildman–Crippen LogP) is -2.23. The van der Waals surface area contributed by atoms with Crippen molar-refractivity contribution >= 4 is 59.4 Å². The smallest absolute Gasteiger partial charge is 0.480 e. The maximum atomic E-state index is 13.2. The second-order valence-corrected chi connectivity index (χ2v) is 13.3. The number of rotatable bonds is 23. The minimum atomic E-state index is -5.08. The fraction of sp³-hybridized carbons (Fsp3) is 0.697. The molecule has 0 spiro atoms. The van der Waals surface area contributed by atoms with E-state index in [1.54, 1.807) is 0 Å². The molecule has 0 aliphatic heterocycles. The summed E-state index contributed by atoms with van der Waals surface area (Å²) in [6.45, 7) is 1.33. The van der Waals surface area contributed by atoms with Crippen LogP contribution < -0.4 is 49.5 Å². The third-order valence-corrected chi connectivity index (χ3v) is 7.33. The number of carbonyl (C=O) groups is 9. The van der Waals surface area contributed by atoms with E-state index in [4.69, 9.17) is 73.1 Å². The van der Waals surface area contributed by atoms with Crippen LogP contribution in [0.25, 0.3) is 0 Å². The molecule has 6 atom stereocenters. The number of aliphatic hydroxyl groups is 2. The van der Waals surface area contributed by atoms with Crippen molar-refractivity contribution in [3.8, 4) is 0 Å². The summed E-state index contributed by atoms with van der Waals surface area (Å²) >= 11 is 0. The summed E-state index contributed by atoms with van der Waals surface area (Å²) in [6.07, 6.45) is -19.0. The lowest BCUT2D eigenvalue weighted by Crippen LogP contribution is -2.61. The molecule has 21 N–H and O–H groups in total. The summed E-state index contributed by atoms with van der Waals surface area (Å²) in [7, 11) is 0. The molecule has 0 fully saturated rings. The first-order chi connectivity index (χ1) is 32.1. The van der Waals surface area contributed by atoms with Gasteiger partial charge in [-0.1, -0.05) is 0 Å². The minimum Gasteiger partial charge on any atom is -0.480 e. The third-order valence-electron chi connectivity index (χ3n) is 7.33. The largest absolute Gasteiger partial charge is 0.490 e. The van der Waals surface area contributed by atoms with Crippen molar-refractivity contribution in [3.05, 3.63) is 0 Å². The number of carboxylic acid groups (broad SMARTS) is 5. The molecule has 0 aromatic carbocycles. The highest BCUT2D eigenvalue weighted by molar-refractivity contribution is 5.95. The molecular formula is C33H54F12N10O16. The first-order valence-electron chi connectivity index (χ1n) is 19.2. The number of nitrogens with one attached hydrogen (secondary N) is 6. The van der Waals surface area contributed by atoms with Gasteiger partial charge < -0.3 is 85.3 Å². The van der Waals surface area contributed by atoms with Gasteiger partial charge in [0, 0.05) is 6.54 Å². The molecule has 0 radical (unpaired) electrons. The van der Waals surface area contributed by atoms with Crippen LogP contribution in [0.15, 0.2) is 0 Å². The van der Waals surface area contributed by atoms with E-state index in [0.29, 0.717) is 51.7 Å². The number of amides is 4. The number of unbranched alkanes of at least 4 members (excludes halogenated alkanes) is 2. The van der Waals surface area contributed by atoms with Crippen molar-refractivity contribution < 1.29 is 132 Å². The van der Waals surface area contributed by atoms with Crippen molar-refractivity contribution in [3.63, 3.8) is 0 Å². The number of aliphatic hydroxyl groups excluding tert-OH is 2. The first kappa shape index (κ1) is 73.4. The zero-order valence-electron chi connectivity index (χ0n) is 36.6. The predicted molar refractivity (Wildman–Crippen MR) is 212 cm³/mol. The Hall–Kier alpha value is -6.54. The van der Waals surface area contributed by atoms with Gasteiger partial charge in [0.15, 0.2) is 5.96 Å². The molecule has 4 amide bonds. The van der Waals surface area contributed by atoms with Crippen LogP contribution in [0.3, 0.4) is 0 Å². The van der Waals surface area contributed by atoms with Crippen LogP contribution in [0.2, 0.25) is 0 Å². The van der Waals surface area contributed by atoms with Crippen molar-refractivity contribution in [1.29, 1.82) is 5.41 Å². The van der Waals surface area contributed by atoms with E-state index in [0.717, 1.165) is 0 Å². The number of halogens is 12. The lowest BCUT2D eigenvalue weighted by Gasteiger charge is -2.27. The Kier molecular flexibility index (Phi) is 37.7. The van der Waals surface area contributed by atoms with Gasteiger partial charge in [-0.2, -0.15) is 52.7 Å². The molecule has 0 heterocycles. The van der Waals surface area contributed by atoms with Gasteiger partial charge in [0.1, 0.15) is 24.2 Å². The van der Waals surface area contributed by atoms with Crippen molar-refractivity contribution in [2.75, 3.05) is 26.2 Å². The van der Waals surface area contributed by atoms with Gasteiger partial charge >= 0.3 is 54.6 Å². The second kappa shape index (κ2) is 36.4. The number of hydrogen-bond donors (Lipinski definition) is 17. The highest BCUT2D eigenvalue weighted by Gasteiger charge is 2.40. The molecule has 38 heteroatoms. The van der Waals surface area contributed by atoms with Gasteiger partial charge in [-0.25, -0.2) is 24.0 Å². The van der Waals surface area contributed by atoms with E-state index in [1.807, 2.05) is 0 Å². The highest BCUT2D eigenvalue weighted by Crippen LogP contribution is 2.15. The molecular weight excluding hydrogens is 1020 g/mol. The molecule has 0 aliphatic rings. The van der Waals surface area contributed by atoms with Crippen molar-refractivity contribution in [1.82, 2.24) is 26.6 Å². The average Bonchev–Trinajstić information content (AvgIpc) is 3.21. The van der Waals surface area contributed by atoms with Crippen LogP contribution in [0.4, 0.5) is 52.7 Å². The number of alkyl halides is 12. The number of carboxylic acids is 5. The standard InChI is InChI=1S/C25H50N10O8.4C2HF3O2/c1-14(37)19(23(41)33-16(8-2-4-10-26)21(39)34-18(13-36)24(42)43)35-22(40)17(9-3-5-11-27)32-20(38)15(28)7-6-12-31-25(29)30;4*3-2(4,5)1(6)7/h14-19,36-37H,2-13,26-28H2,1H3,(H,32,38)(H,33,41)(H,34,39)(H,35,40)(H,42,43)(H4,29,30,31);4*(H,6,7)/t14-,15+,16+,17+,18+,19+;;;;/m1..../s1. The molecule has 71 heavy (non-hydrogen) atoms. The quantitative estimate of drug-likeness (QED) is 0.0223. The van der Waals surface area contributed by atoms with E-state index >= 15 is 0 Å². The fourth-order valence-corrected chi connectivity index (χ4v) is 3.86. The van der Waals surface area contributed by atoms with Gasteiger partial charge in [0.25, 0.3) is 0 Å². The third kappa shape index (κ3) is 41.0. The molecule has 0 rings (SSSR count). The van der Waals surface area contributed by atoms with E-state index < -0.39 is 121 Å². The van der Waals surface area contributed by atoms with Gasteiger partial charge in [0.05, 0.1) is 18.8 Å². The first-order valence-corrected chi connectivity index (χ1v) is 19.2. The number of aliphatic carboxylic acids is 5. The van der Waals surface area contributed by atoms with E-state index in [9.17, 15) is 86.9 Å². The summed E-state index contributed by atoms with van der Waals surface area (Å²) in [5.41, 5.74) is 22.2. The van der Waals surface area contributed by atoms with Crippen LogP contribution in [0, 0.1) is 5.41 Å². The Morgan fingerprint density at radius 2 is 0.831 bits per heavy atom. The molecule has 0 aromatic rings. The van der Waals surface area contributed by atoms with Crippen LogP contribution >= 0.6 is 0 Å². The van der Waals surface area contributed by atoms with Crippen LogP contribution in [-0.2, 0) is 43.2 Å². The van der Waals surface area contributed by atoms with E-state index in [-0.39, 0.29) is 25.2 Å². The second-order valence-electron chi connectivity index (χ2n) is 13.3. The van der Waals surface area contributed by atoms with Crippen molar-refractivity contribution in [2.24, 2.45) is 22.9 Å². The highest BCUT2D eigenvalue weighted by atomic mass is 19.4. The Labute approximate surface area is 391 Å². The lowest BCUT2D eigenvalue weighted by molar-refractivity contribution is -0.193. The zero-order chi connectivity index (χ0) is 57.3. The van der Waals surface area contributed by atoms with Gasteiger partial charge in [-0.15, -0.1) is 0 Å². The maximum absolute atomic E-state index is 13.2. The van der Waals surface area contributed by atoms with E-state index in [2.05, 4.69) is 26.6 Å². The zero-order valence-corrected chi connectivity index (χ0v) is 36.6. The monoisotopic (exact) mass is 1070 g/mol. The maximum Gasteiger partial charge on any atom is 0.490 e. The van der Waals surface area contributed by atoms with Gasteiger partial charge in [-0.3, -0.25) is 24.6 Å². The summed E-state index contributed by atoms with van der Waals surface area (Å²) in [4.78, 5) is 98.7. The summed E-state index contributed by atoms with van der Waals surface area (Å²) in [5, 5.41) is 76.5. The fourth-order valence-electron chi connectivity index (χ4n) is 3.86. The number of nitrogens with two attached hydrogens (primary N) is 4. The lowest BCUT2D eigenvalue weighted by atomic mass is 10.0. The average molecular weight is 1070 g/mol. The van der Waals surface area contributed by atoms with Gasteiger partial charge in [-0.05, 0) is 71.4 Å². The SMILES string of the molecule is C[C@@H](O)[C@H](NC(=O)[C@H](CCCCN)NC(=O)[C@@H](N)CCCNC(=N)N)C(=O)N[C@@H](CCCCN)C(=O)N[C@@H](CO)C(=O)O.O=C(O)C(F)(F)F.O=C(O)C(F)(F)F.O=C(O)C(F)(F)F.O=C(O)C(F)(F)F. The van der Waals surface area contributed by atoms with Gasteiger partial charge in [0.2, 0.25) is 23.6 Å². The Morgan fingerprint density at radius 3 is 1.10 bits per heavy atom. The Bertz CT molecular complexity index is 1590. The number of hydrogen-bond acceptors (Lipinski definition) is 15. The molecule has 0 saturated carbocycles. The minimum absolute atomic E-state index is 0.0601. The molecule has 0 saturated heterocycles. The Balaban J connectivity index is -0.000000412. The summed E-state index contributed by atoms with van der Waals surface area (Å²) < 4.78 is 127. The Morgan fingerprint density at radius 1 is 0.521 bits per heavy atom. The van der Waals surface area contributed by atoms with Crippen molar-refractivity contribution in [2.45, 2.75) is 119 Å². The topological polar surface area (TPSA) is 483 Å². The molecule has 416 valence electrons. The van der Waals surface area contributed by atoms with E-state index in [1.165, 1.54) is 6.92 Å².